The van der Waals surface area contributed by atoms with Gasteiger partial charge >= 0.3 is 5.69 Å². The smallest absolute Gasteiger partial charge is 0.339 e. The van der Waals surface area contributed by atoms with Crippen molar-refractivity contribution in [2.24, 2.45) is 0 Å². The van der Waals surface area contributed by atoms with Crippen LogP contribution < -0.4 is 21.5 Å². The number of carbonyl (C=O) groups is 1. The second-order valence-corrected chi connectivity index (χ2v) is 10.7. The fourth-order valence-electron chi connectivity index (χ4n) is 5.16. The lowest BCUT2D eigenvalue weighted by Crippen LogP contribution is -2.50. The molecule has 1 fully saturated rings. The van der Waals surface area contributed by atoms with Crippen molar-refractivity contribution in [1.29, 1.82) is 0 Å². The van der Waals surface area contributed by atoms with Gasteiger partial charge in [0.1, 0.15) is 23.3 Å². The first-order chi connectivity index (χ1) is 20.8. The first kappa shape index (κ1) is 27.9. The second kappa shape index (κ2) is 11.6. The zero-order valence-electron chi connectivity index (χ0n) is 23.6. The van der Waals surface area contributed by atoms with Crippen LogP contribution in [0.5, 0.6) is 11.5 Å². The Bertz CT molecular complexity index is 1860. The lowest BCUT2D eigenvalue weighted by molar-refractivity contribution is -0.886. The summed E-state index contributed by atoms with van der Waals surface area (Å²) in [5, 5.41) is 15.5. The zero-order chi connectivity index (χ0) is 30.0. The monoisotopic (exact) mass is 577 g/mol. The number of aromatic nitrogens is 4. The van der Waals surface area contributed by atoms with E-state index in [2.05, 4.69) is 15.3 Å². The van der Waals surface area contributed by atoms with Crippen LogP contribution in [-0.4, -0.2) is 49.3 Å². The molecule has 11 heteroatoms. The summed E-state index contributed by atoms with van der Waals surface area (Å²) in [6, 6.07) is 23.4. The number of anilines is 2. The highest BCUT2D eigenvalue weighted by molar-refractivity contribution is 5.99. The summed E-state index contributed by atoms with van der Waals surface area (Å²) in [7, 11) is 1.65. The quantitative estimate of drug-likeness (QED) is 0.144. The number of quaternary nitrogens is 1. The number of nitrogens with one attached hydrogen (secondary N) is 1. The normalized spacial score (nSPS) is 14.8. The Kier molecular flexibility index (Phi) is 7.49. The van der Waals surface area contributed by atoms with Crippen LogP contribution in [0.2, 0.25) is 0 Å². The minimum atomic E-state index is -0.411. The number of fused-ring (bicyclic) bond motifs is 1. The molecule has 11 nitrogen and oxygen atoms in total. The van der Waals surface area contributed by atoms with Gasteiger partial charge < -0.3 is 25.6 Å². The van der Waals surface area contributed by atoms with Crippen molar-refractivity contribution in [1.82, 2.24) is 19.1 Å². The van der Waals surface area contributed by atoms with Crippen molar-refractivity contribution >= 4 is 28.6 Å². The van der Waals surface area contributed by atoms with Crippen LogP contribution in [-0.2, 0) is 4.79 Å². The molecule has 1 aliphatic carbocycles. The molecule has 2 heterocycles. The highest BCUT2D eigenvalue weighted by atomic mass is 16.5. The molecule has 0 bridgehead atoms. The first-order valence-corrected chi connectivity index (χ1v) is 14.0. The Morgan fingerprint density at radius 1 is 1.02 bits per heavy atom. The predicted octanol–water partition coefficient (Wildman–Crippen LogP) is 4.94. The van der Waals surface area contributed by atoms with E-state index in [1.165, 1.54) is 21.5 Å². The van der Waals surface area contributed by atoms with Crippen LogP contribution >= 0.6 is 0 Å². The topological polar surface area (TPSA) is 140 Å². The number of imidazole rings is 1. The Labute approximate surface area is 247 Å². The summed E-state index contributed by atoms with van der Waals surface area (Å²) in [5.41, 5.74) is 8.01. The van der Waals surface area contributed by atoms with Gasteiger partial charge in [0.25, 0.3) is 0 Å². The number of hydrogen-bond acceptors (Lipinski definition) is 7. The van der Waals surface area contributed by atoms with Gasteiger partial charge in [0.15, 0.2) is 11.5 Å². The number of hydroxylamine groups is 3. The molecule has 1 aliphatic rings. The molecule has 1 amide bonds. The van der Waals surface area contributed by atoms with E-state index in [4.69, 9.17) is 10.5 Å². The first-order valence-electron chi connectivity index (χ1n) is 14.0. The van der Waals surface area contributed by atoms with Crippen LogP contribution in [0.3, 0.4) is 0 Å². The molecule has 1 saturated carbocycles. The molecule has 218 valence electrons. The van der Waals surface area contributed by atoms with E-state index >= 15 is 0 Å². The molecule has 0 saturated heterocycles. The molecule has 3 aromatic carbocycles. The zero-order valence-corrected chi connectivity index (χ0v) is 23.6. The molecular formula is C32H31N7O4. The van der Waals surface area contributed by atoms with Crippen LogP contribution in [0.15, 0.2) is 102 Å². The number of hydrogen-bond donors (Lipinski definition) is 2. The lowest BCUT2D eigenvalue weighted by Gasteiger charge is -2.48. The summed E-state index contributed by atoms with van der Waals surface area (Å²) < 4.78 is 8.39. The standard InChI is InChI=1S/C32H31N7O4/c1-39(42,25-10-6-11-25)19-7-14-28(40)36-22-8-5-9-24(20-22)38-31-29(30(33)34-21-35-31)37(32(38)41)23-15-17-27(18-16-23)43-26-12-3-2-4-13-26/h2-5,7-9,12-18,20-21,25H,6,10-11,19H2,1H3,(H,36,40)(H2,33,34,35). The van der Waals surface area contributed by atoms with Crippen LogP contribution in [0.4, 0.5) is 11.5 Å². The average Bonchev–Trinajstić information content (AvgIpc) is 3.25. The summed E-state index contributed by atoms with van der Waals surface area (Å²) >= 11 is 0. The van der Waals surface area contributed by atoms with E-state index in [9.17, 15) is 14.8 Å². The number of para-hydroxylation sites is 1. The van der Waals surface area contributed by atoms with E-state index < -0.39 is 5.69 Å². The number of nitrogens with two attached hydrogens (primary N) is 1. The van der Waals surface area contributed by atoms with Gasteiger partial charge in [0, 0.05) is 11.8 Å². The number of nitrogen functional groups attached to an aromatic ring is 1. The minimum absolute atomic E-state index is 0.100. The van der Waals surface area contributed by atoms with E-state index in [-0.39, 0.29) is 29.0 Å². The van der Waals surface area contributed by atoms with Gasteiger partial charge in [-0.05, 0) is 79.9 Å². The number of likely N-dealkylation sites (N-methyl/N-ethyl adjacent to an activating group) is 1. The minimum Gasteiger partial charge on any atom is -0.633 e. The maximum absolute atomic E-state index is 13.9. The fourth-order valence-corrected chi connectivity index (χ4v) is 5.16. The molecule has 1 unspecified atom stereocenters. The van der Waals surface area contributed by atoms with Gasteiger partial charge in [-0.15, -0.1) is 0 Å². The molecule has 5 aromatic rings. The van der Waals surface area contributed by atoms with Crippen molar-refractivity contribution in [3.63, 3.8) is 0 Å². The number of nitrogens with zero attached hydrogens (tertiary/aromatic N) is 5. The number of benzene rings is 3. The Morgan fingerprint density at radius 3 is 2.49 bits per heavy atom. The highest BCUT2D eigenvalue weighted by Crippen LogP contribution is 2.29. The number of carbonyl (C=O) groups excluding carboxylic acids is 1. The van der Waals surface area contributed by atoms with Crippen LogP contribution in [0.25, 0.3) is 22.5 Å². The van der Waals surface area contributed by atoms with Crippen molar-refractivity contribution in [3.05, 3.63) is 113 Å². The molecule has 0 spiro atoms. The molecular weight excluding hydrogens is 546 g/mol. The molecule has 1 atom stereocenters. The predicted molar refractivity (Wildman–Crippen MR) is 165 cm³/mol. The molecule has 0 aliphatic heterocycles. The summed E-state index contributed by atoms with van der Waals surface area (Å²) in [5.74, 6) is 1.08. The molecule has 2 aromatic heterocycles. The van der Waals surface area contributed by atoms with Crippen LogP contribution in [0.1, 0.15) is 19.3 Å². The van der Waals surface area contributed by atoms with Gasteiger partial charge in [-0.2, -0.15) is 0 Å². The van der Waals surface area contributed by atoms with Crippen molar-refractivity contribution in [2.45, 2.75) is 25.3 Å². The summed E-state index contributed by atoms with van der Waals surface area (Å²) in [6.07, 6.45) is 7.21. The Hall–Kier alpha value is -5.26. The summed E-state index contributed by atoms with van der Waals surface area (Å²) in [6.45, 7) is 0.230. The van der Waals surface area contributed by atoms with Crippen molar-refractivity contribution in [2.75, 3.05) is 24.6 Å². The average molecular weight is 578 g/mol. The van der Waals surface area contributed by atoms with Gasteiger partial charge in [-0.3, -0.25) is 9.36 Å². The van der Waals surface area contributed by atoms with Gasteiger partial charge in [0.05, 0.1) is 31.0 Å². The van der Waals surface area contributed by atoms with Gasteiger partial charge in [-0.1, -0.05) is 24.3 Å². The van der Waals surface area contributed by atoms with Crippen molar-refractivity contribution in [3.8, 4) is 22.9 Å². The number of rotatable bonds is 9. The largest absolute Gasteiger partial charge is 0.633 e. The third-order valence-electron chi connectivity index (χ3n) is 7.68. The molecule has 43 heavy (non-hydrogen) atoms. The third kappa shape index (κ3) is 5.76. The fraction of sp³-hybridized carbons (Fsp3) is 0.188. The number of amides is 1. The maximum Gasteiger partial charge on any atom is 0.339 e. The van der Waals surface area contributed by atoms with E-state index in [0.717, 1.165) is 19.3 Å². The lowest BCUT2D eigenvalue weighted by atomic mass is 9.91. The second-order valence-electron chi connectivity index (χ2n) is 10.7. The Morgan fingerprint density at radius 2 is 1.77 bits per heavy atom. The maximum atomic E-state index is 13.9. The van der Waals surface area contributed by atoms with Crippen LogP contribution in [0, 0.1) is 5.21 Å². The molecule has 3 N–H and O–H groups in total. The number of ether oxygens (including phenoxy) is 1. The van der Waals surface area contributed by atoms with Gasteiger partial charge in [0.2, 0.25) is 5.91 Å². The van der Waals surface area contributed by atoms with E-state index in [1.54, 1.807) is 61.7 Å². The highest BCUT2D eigenvalue weighted by Gasteiger charge is 2.29. The molecule has 6 rings (SSSR count). The van der Waals surface area contributed by atoms with Gasteiger partial charge in [-0.25, -0.2) is 19.3 Å². The Balaban J connectivity index is 1.28. The summed E-state index contributed by atoms with van der Waals surface area (Å²) in [4.78, 5) is 35.0. The van der Waals surface area contributed by atoms with E-state index in [0.29, 0.717) is 39.7 Å². The SMILES string of the molecule is C[N+]([O-])(CC=CC(=O)Nc1cccc(-n2c(=O)n(-c3ccc(Oc4ccccc4)cc3)c3c(N)ncnc32)c1)C1CCC1. The third-order valence-corrected chi connectivity index (χ3v) is 7.68. The van der Waals surface area contributed by atoms with E-state index in [1.807, 2.05) is 30.3 Å². The molecule has 0 radical (unpaired) electrons. The van der Waals surface area contributed by atoms with Crippen molar-refractivity contribution < 1.29 is 14.2 Å².